The van der Waals surface area contributed by atoms with Crippen molar-refractivity contribution in [3.63, 3.8) is 0 Å². The number of hydrogen-bond donors (Lipinski definition) is 2. The minimum absolute atomic E-state index is 0.208. The number of nitrogens with one attached hydrogen (secondary N) is 2. The number of ether oxygens (including phenoxy) is 2. The Morgan fingerprint density at radius 2 is 1.88 bits per heavy atom. The number of thiocarbonyl (C=S) groups is 1. The minimum Gasteiger partial charge on any atom is -0.493 e. The van der Waals surface area contributed by atoms with Crippen molar-refractivity contribution in [1.29, 1.82) is 0 Å². The summed E-state index contributed by atoms with van der Waals surface area (Å²) in [7, 11) is 1.60. The molecule has 0 radical (unpaired) electrons. The summed E-state index contributed by atoms with van der Waals surface area (Å²) >= 11 is 15.3. The number of anilines is 2. The van der Waals surface area contributed by atoms with Gasteiger partial charge in [0.2, 0.25) is 5.91 Å². The van der Waals surface area contributed by atoms with Gasteiger partial charge in [-0.25, -0.2) is 0 Å². The summed E-state index contributed by atoms with van der Waals surface area (Å²) < 4.78 is 13.2. The number of methoxy groups -OCH3 is 1. The molecule has 1 amide bonds. The molecule has 3 unspecified atom stereocenters. The summed E-state index contributed by atoms with van der Waals surface area (Å²) in [6, 6.07) is 19.9. The van der Waals surface area contributed by atoms with E-state index in [4.69, 9.17) is 33.3 Å². The Balaban J connectivity index is 1.64. The van der Waals surface area contributed by atoms with Crippen LogP contribution in [0.3, 0.4) is 0 Å². The molecule has 3 atom stereocenters. The molecule has 2 aliphatic heterocycles. The zero-order chi connectivity index (χ0) is 24.0. The summed E-state index contributed by atoms with van der Waals surface area (Å²) in [5, 5.41) is 7.49. The molecule has 174 valence electrons. The second-order valence-electron chi connectivity index (χ2n) is 8.25. The van der Waals surface area contributed by atoms with E-state index in [1.165, 1.54) is 0 Å². The Hall–Kier alpha value is -2.81. The van der Waals surface area contributed by atoms with Crippen molar-refractivity contribution >= 4 is 62.1 Å². The van der Waals surface area contributed by atoms with E-state index >= 15 is 0 Å². The molecule has 0 saturated carbocycles. The molecule has 1 fully saturated rings. The van der Waals surface area contributed by atoms with Crippen LogP contribution in [0.15, 0.2) is 71.2 Å². The van der Waals surface area contributed by atoms with Gasteiger partial charge in [-0.2, -0.15) is 0 Å². The van der Waals surface area contributed by atoms with Gasteiger partial charge in [-0.1, -0.05) is 39.7 Å². The Kier molecular flexibility index (Phi) is 5.91. The van der Waals surface area contributed by atoms with Crippen LogP contribution in [0, 0.1) is 5.92 Å². The Labute approximate surface area is 216 Å². The number of carbonyl (C=O) groups is 1. The molecule has 3 aromatic carbocycles. The van der Waals surface area contributed by atoms with Gasteiger partial charge in [-0.05, 0) is 73.7 Å². The first-order valence-corrected chi connectivity index (χ1v) is 12.2. The van der Waals surface area contributed by atoms with E-state index in [1.54, 1.807) is 31.4 Å². The third kappa shape index (κ3) is 3.79. The minimum atomic E-state index is -1.14. The lowest BCUT2D eigenvalue weighted by Gasteiger charge is -2.56. The fourth-order valence-electron chi connectivity index (χ4n) is 4.66. The quantitative estimate of drug-likeness (QED) is 0.388. The fourth-order valence-corrected chi connectivity index (χ4v) is 5.47. The monoisotopic (exact) mass is 557 g/mol. The first-order valence-electron chi connectivity index (χ1n) is 10.6. The molecule has 3 aromatic rings. The van der Waals surface area contributed by atoms with Crippen molar-refractivity contribution < 1.29 is 14.3 Å². The standard InChI is InChI=1S/C25H21BrClN3O3S/c1-25-20(23(31)28-16-10-8-15(27)9-11-16)21(18-4-3-5-19(32-2)22(18)33-25)29-24(34)30(25)17-12-6-14(26)7-13-17/h3-13,20-21H,1-2H3,(H,28,31)(H,29,34). The lowest BCUT2D eigenvalue weighted by atomic mass is 9.78. The third-order valence-electron chi connectivity index (χ3n) is 6.19. The van der Waals surface area contributed by atoms with Crippen molar-refractivity contribution in [2.24, 2.45) is 5.92 Å². The highest BCUT2D eigenvalue weighted by atomic mass is 79.9. The van der Waals surface area contributed by atoms with Crippen molar-refractivity contribution in [1.82, 2.24) is 5.32 Å². The Morgan fingerprint density at radius 1 is 1.18 bits per heavy atom. The second kappa shape index (κ2) is 8.76. The van der Waals surface area contributed by atoms with E-state index in [2.05, 4.69) is 26.6 Å². The number of halogens is 2. The number of fused-ring (bicyclic) bond motifs is 4. The van der Waals surface area contributed by atoms with Crippen LogP contribution in [-0.2, 0) is 4.79 Å². The highest BCUT2D eigenvalue weighted by Crippen LogP contribution is 2.52. The van der Waals surface area contributed by atoms with Gasteiger partial charge < -0.3 is 20.1 Å². The van der Waals surface area contributed by atoms with Gasteiger partial charge in [0, 0.05) is 26.4 Å². The average molecular weight is 559 g/mol. The first-order chi connectivity index (χ1) is 16.3. The molecule has 2 N–H and O–H groups in total. The molecule has 0 aliphatic carbocycles. The molecule has 2 aliphatic rings. The number of para-hydroxylation sites is 1. The smallest absolute Gasteiger partial charge is 0.236 e. The van der Waals surface area contributed by atoms with Crippen LogP contribution in [0.1, 0.15) is 18.5 Å². The van der Waals surface area contributed by atoms with E-state index in [9.17, 15) is 4.79 Å². The molecule has 6 nitrogen and oxygen atoms in total. The van der Waals surface area contributed by atoms with Gasteiger partial charge in [-0.15, -0.1) is 0 Å². The van der Waals surface area contributed by atoms with Gasteiger partial charge in [0.15, 0.2) is 22.3 Å². The van der Waals surface area contributed by atoms with E-state index < -0.39 is 17.7 Å². The Morgan fingerprint density at radius 3 is 2.56 bits per heavy atom. The maximum absolute atomic E-state index is 13.8. The maximum atomic E-state index is 13.8. The predicted molar refractivity (Wildman–Crippen MR) is 141 cm³/mol. The van der Waals surface area contributed by atoms with E-state index in [-0.39, 0.29) is 5.91 Å². The zero-order valence-electron chi connectivity index (χ0n) is 18.3. The van der Waals surface area contributed by atoms with Crippen LogP contribution < -0.4 is 25.0 Å². The number of rotatable bonds is 4. The molecule has 9 heteroatoms. The lowest BCUT2D eigenvalue weighted by molar-refractivity contribution is -0.130. The van der Waals surface area contributed by atoms with E-state index in [0.29, 0.717) is 27.3 Å². The van der Waals surface area contributed by atoms with Crippen LogP contribution >= 0.6 is 39.7 Å². The number of benzene rings is 3. The van der Waals surface area contributed by atoms with Crippen LogP contribution in [0.5, 0.6) is 11.5 Å². The molecular weight excluding hydrogens is 538 g/mol. The summed E-state index contributed by atoms with van der Waals surface area (Å²) in [6.07, 6.45) is 0. The largest absolute Gasteiger partial charge is 0.493 e. The highest BCUT2D eigenvalue weighted by Gasteiger charge is 2.59. The van der Waals surface area contributed by atoms with Gasteiger partial charge in [0.05, 0.1) is 13.2 Å². The van der Waals surface area contributed by atoms with Crippen LogP contribution in [0.4, 0.5) is 11.4 Å². The zero-order valence-corrected chi connectivity index (χ0v) is 21.5. The molecule has 5 rings (SSSR count). The average Bonchev–Trinajstić information content (AvgIpc) is 2.81. The number of hydrogen-bond acceptors (Lipinski definition) is 4. The normalized spacial score (nSPS) is 22.8. The van der Waals surface area contributed by atoms with Crippen LogP contribution in [-0.4, -0.2) is 23.9 Å². The van der Waals surface area contributed by atoms with Crippen molar-refractivity contribution in [3.05, 3.63) is 81.8 Å². The van der Waals surface area contributed by atoms with Gasteiger partial charge in [0.1, 0.15) is 5.92 Å². The molecule has 34 heavy (non-hydrogen) atoms. The van der Waals surface area contributed by atoms with Crippen molar-refractivity contribution in [2.75, 3.05) is 17.3 Å². The third-order valence-corrected chi connectivity index (χ3v) is 7.27. The van der Waals surface area contributed by atoms with Crippen molar-refractivity contribution in [3.8, 4) is 11.5 Å². The summed E-state index contributed by atoms with van der Waals surface area (Å²) in [6.45, 7) is 1.89. The fraction of sp³-hybridized carbons (Fsp3) is 0.200. The number of carbonyl (C=O) groups excluding carboxylic acids is 1. The number of amides is 1. The summed E-state index contributed by atoms with van der Waals surface area (Å²) in [5.74, 6) is 0.319. The molecule has 1 saturated heterocycles. The van der Waals surface area contributed by atoms with E-state index in [1.807, 2.05) is 54.3 Å². The molecule has 2 bridgehead atoms. The first kappa shape index (κ1) is 23.0. The number of nitrogens with zero attached hydrogens (tertiary/aromatic N) is 1. The molecule has 0 aromatic heterocycles. The van der Waals surface area contributed by atoms with Gasteiger partial charge >= 0.3 is 0 Å². The predicted octanol–water partition coefficient (Wildman–Crippen LogP) is 5.91. The van der Waals surface area contributed by atoms with E-state index in [0.717, 1.165) is 15.7 Å². The molecular formula is C25H21BrClN3O3S. The summed E-state index contributed by atoms with van der Waals surface area (Å²) in [4.78, 5) is 15.7. The van der Waals surface area contributed by atoms with Gasteiger partial charge in [-0.3, -0.25) is 9.69 Å². The molecule has 0 spiro atoms. The topological polar surface area (TPSA) is 62.8 Å². The van der Waals surface area contributed by atoms with Crippen LogP contribution in [0.2, 0.25) is 5.02 Å². The highest BCUT2D eigenvalue weighted by molar-refractivity contribution is 9.10. The van der Waals surface area contributed by atoms with Crippen molar-refractivity contribution in [2.45, 2.75) is 18.7 Å². The van der Waals surface area contributed by atoms with Crippen LogP contribution in [0.25, 0.3) is 0 Å². The molecule has 2 heterocycles. The summed E-state index contributed by atoms with van der Waals surface area (Å²) in [5.41, 5.74) is 1.11. The lowest BCUT2D eigenvalue weighted by Crippen LogP contribution is -2.72. The second-order valence-corrected chi connectivity index (χ2v) is 9.99. The maximum Gasteiger partial charge on any atom is 0.236 e. The SMILES string of the molecule is COc1cccc2c1OC1(C)C(C(=O)Nc3ccc(Cl)cc3)C2NC(=S)N1c1ccc(Br)cc1. The Bertz CT molecular complexity index is 1270. The van der Waals surface area contributed by atoms with Gasteiger partial charge in [0.25, 0.3) is 0 Å².